The Hall–Kier alpha value is -3.20. The first kappa shape index (κ1) is 20.1. The third-order valence-electron chi connectivity index (χ3n) is 3.47. The maximum atomic E-state index is 12.3. The monoisotopic (exact) mass is 389 g/mol. The number of nitrogens with one attached hydrogen (secondary N) is 2. The summed E-state index contributed by atoms with van der Waals surface area (Å²) in [6, 6.07) is 8.50. The van der Waals surface area contributed by atoms with Gasteiger partial charge in [-0.15, -0.1) is 11.3 Å². The van der Waals surface area contributed by atoms with E-state index in [0.29, 0.717) is 10.6 Å². The minimum Gasteiger partial charge on any atom is -0.448 e. The van der Waals surface area contributed by atoms with Crippen molar-refractivity contribution in [2.75, 3.05) is 5.32 Å². The van der Waals surface area contributed by atoms with Crippen molar-refractivity contribution < 1.29 is 23.9 Å². The zero-order chi connectivity index (χ0) is 20.0. The van der Waals surface area contributed by atoms with E-state index in [0.717, 1.165) is 0 Å². The SMILES string of the molecule is CC(C)[C@@H](OC(=O)c1ccc(NC(=O)c2cccs2)cc1)C(=O)NC(N)=O. The van der Waals surface area contributed by atoms with E-state index in [9.17, 15) is 19.2 Å². The smallest absolute Gasteiger partial charge is 0.338 e. The van der Waals surface area contributed by atoms with Gasteiger partial charge >= 0.3 is 12.0 Å². The summed E-state index contributed by atoms with van der Waals surface area (Å²) in [5, 5.41) is 6.41. The van der Waals surface area contributed by atoms with Gasteiger partial charge in [0.25, 0.3) is 11.8 Å². The maximum absolute atomic E-state index is 12.3. The number of carbonyl (C=O) groups is 4. The molecule has 0 bridgehead atoms. The molecule has 2 aromatic rings. The van der Waals surface area contributed by atoms with Crippen LogP contribution in [-0.2, 0) is 9.53 Å². The Morgan fingerprint density at radius 3 is 2.26 bits per heavy atom. The molecule has 1 atom stereocenters. The van der Waals surface area contributed by atoms with Crippen molar-refractivity contribution >= 4 is 40.8 Å². The number of urea groups is 1. The fourth-order valence-electron chi connectivity index (χ4n) is 2.16. The van der Waals surface area contributed by atoms with E-state index >= 15 is 0 Å². The number of esters is 1. The largest absolute Gasteiger partial charge is 0.448 e. The minimum absolute atomic E-state index is 0.196. The summed E-state index contributed by atoms with van der Waals surface area (Å²) < 4.78 is 5.20. The molecule has 0 aliphatic rings. The Morgan fingerprint density at radius 1 is 1.07 bits per heavy atom. The van der Waals surface area contributed by atoms with E-state index in [1.807, 2.05) is 5.32 Å². The fraction of sp³-hybridized carbons (Fsp3) is 0.222. The molecule has 0 saturated carbocycles. The molecule has 1 aromatic carbocycles. The number of imide groups is 1. The van der Waals surface area contributed by atoms with Gasteiger partial charge in [0.2, 0.25) is 0 Å². The second kappa shape index (κ2) is 8.95. The molecule has 2 rings (SSSR count). The van der Waals surface area contributed by atoms with Crippen molar-refractivity contribution in [1.29, 1.82) is 0 Å². The van der Waals surface area contributed by atoms with Crippen LogP contribution in [0.25, 0.3) is 0 Å². The highest BCUT2D eigenvalue weighted by Gasteiger charge is 2.27. The topological polar surface area (TPSA) is 128 Å². The third-order valence-corrected chi connectivity index (χ3v) is 4.34. The van der Waals surface area contributed by atoms with Gasteiger partial charge in [-0.25, -0.2) is 9.59 Å². The summed E-state index contributed by atoms with van der Waals surface area (Å²) in [5.41, 5.74) is 5.63. The average Bonchev–Trinajstić information content (AvgIpc) is 3.13. The summed E-state index contributed by atoms with van der Waals surface area (Å²) in [5.74, 6) is -2.13. The molecule has 0 unspecified atom stereocenters. The van der Waals surface area contributed by atoms with Crippen molar-refractivity contribution in [1.82, 2.24) is 5.32 Å². The van der Waals surface area contributed by atoms with Gasteiger partial charge in [0, 0.05) is 5.69 Å². The van der Waals surface area contributed by atoms with Crippen molar-refractivity contribution in [3.63, 3.8) is 0 Å². The summed E-state index contributed by atoms with van der Waals surface area (Å²) in [6.07, 6.45) is -1.16. The molecule has 4 N–H and O–H groups in total. The van der Waals surface area contributed by atoms with Gasteiger partial charge in [-0.2, -0.15) is 0 Å². The van der Waals surface area contributed by atoms with Gasteiger partial charge in [-0.05, 0) is 41.6 Å². The van der Waals surface area contributed by atoms with Crippen LogP contribution in [0.15, 0.2) is 41.8 Å². The fourth-order valence-corrected chi connectivity index (χ4v) is 2.78. The predicted octanol–water partition coefficient (Wildman–Crippen LogP) is 2.38. The summed E-state index contributed by atoms with van der Waals surface area (Å²) in [6.45, 7) is 3.34. The molecule has 9 heteroatoms. The van der Waals surface area contributed by atoms with Gasteiger partial charge in [0.05, 0.1) is 10.4 Å². The zero-order valence-electron chi connectivity index (χ0n) is 14.7. The van der Waals surface area contributed by atoms with E-state index in [4.69, 9.17) is 10.5 Å². The Bertz CT molecular complexity index is 831. The molecule has 0 radical (unpaired) electrons. The van der Waals surface area contributed by atoms with Crippen LogP contribution >= 0.6 is 11.3 Å². The van der Waals surface area contributed by atoms with E-state index in [1.165, 1.54) is 23.5 Å². The number of thiophene rings is 1. The molecule has 0 spiro atoms. The number of rotatable bonds is 6. The lowest BCUT2D eigenvalue weighted by molar-refractivity contribution is -0.130. The molecule has 8 nitrogen and oxygen atoms in total. The van der Waals surface area contributed by atoms with Gasteiger partial charge in [-0.1, -0.05) is 19.9 Å². The summed E-state index contributed by atoms with van der Waals surface area (Å²) >= 11 is 1.32. The summed E-state index contributed by atoms with van der Waals surface area (Å²) in [7, 11) is 0. The van der Waals surface area contributed by atoms with E-state index in [1.54, 1.807) is 43.5 Å². The predicted molar refractivity (Wildman–Crippen MR) is 100 cm³/mol. The highest BCUT2D eigenvalue weighted by molar-refractivity contribution is 7.12. The summed E-state index contributed by atoms with van der Waals surface area (Å²) in [4.78, 5) is 47.6. The van der Waals surface area contributed by atoms with Crippen molar-refractivity contribution in [2.45, 2.75) is 20.0 Å². The van der Waals surface area contributed by atoms with Crippen LogP contribution in [0.2, 0.25) is 0 Å². The van der Waals surface area contributed by atoms with Gasteiger partial charge in [0.1, 0.15) is 0 Å². The molecule has 0 aliphatic heterocycles. The van der Waals surface area contributed by atoms with E-state index in [2.05, 4.69) is 5.32 Å². The minimum atomic E-state index is -1.16. The van der Waals surface area contributed by atoms with Crippen molar-refractivity contribution in [2.24, 2.45) is 11.7 Å². The average molecular weight is 389 g/mol. The zero-order valence-corrected chi connectivity index (χ0v) is 15.5. The molecule has 1 heterocycles. The first-order chi connectivity index (χ1) is 12.8. The lowest BCUT2D eigenvalue weighted by atomic mass is 10.1. The number of hydrogen-bond donors (Lipinski definition) is 3. The van der Waals surface area contributed by atoms with Crippen molar-refractivity contribution in [3.05, 3.63) is 52.2 Å². The second-order valence-corrected chi connectivity index (χ2v) is 6.88. The number of hydrogen-bond acceptors (Lipinski definition) is 6. The molecule has 0 saturated heterocycles. The number of ether oxygens (including phenoxy) is 1. The van der Waals surface area contributed by atoms with Crippen LogP contribution in [0.1, 0.15) is 33.9 Å². The molecule has 0 aliphatic carbocycles. The van der Waals surface area contributed by atoms with Gasteiger partial charge in [0.15, 0.2) is 6.10 Å². The number of nitrogens with two attached hydrogens (primary N) is 1. The highest BCUT2D eigenvalue weighted by atomic mass is 32.1. The maximum Gasteiger partial charge on any atom is 0.338 e. The lowest BCUT2D eigenvalue weighted by Gasteiger charge is -2.19. The van der Waals surface area contributed by atoms with Crippen molar-refractivity contribution in [3.8, 4) is 0 Å². The number of anilines is 1. The first-order valence-corrected chi connectivity index (χ1v) is 8.92. The lowest BCUT2D eigenvalue weighted by Crippen LogP contribution is -2.45. The molecule has 142 valence electrons. The number of benzene rings is 1. The van der Waals surface area contributed by atoms with Crippen LogP contribution in [0.3, 0.4) is 0 Å². The Morgan fingerprint density at radius 2 is 1.74 bits per heavy atom. The van der Waals surface area contributed by atoms with Gasteiger partial charge in [-0.3, -0.25) is 14.9 Å². The molecule has 1 aromatic heterocycles. The Labute approximate surface area is 159 Å². The second-order valence-electron chi connectivity index (χ2n) is 5.93. The highest BCUT2D eigenvalue weighted by Crippen LogP contribution is 2.16. The van der Waals surface area contributed by atoms with Crippen LogP contribution in [0, 0.1) is 5.92 Å². The number of carbonyl (C=O) groups excluding carboxylic acids is 4. The first-order valence-electron chi connectivity index (χ1n) is 8.04. The third kappa shape index (κ3) is 5.65. The molecule has 0 fully saturated rings. The van der Waals surface area contributed by atoms with E-state index < -0.39 is 24.0 Å². The van der Waals surface area contributed by atoms with Crippen LogP contribution in [0.4, 0.5) is 10.5 Å². The Balaban J connectivity index is 2.02. The number of primary amides is 1. The molecular formula is C18H19N3O5S. The van der Waals surface area contributed by atoms with Gasteiger partial charge < -0.3 is 15.8 Å². The number of amides is 4. The van der Waals surface area contributed by atoms with Crippen LogP contribution in [-0.4, -0.2) is 29.9 Å². The molecular weight excluding hydrogens is 370 g/mol. The van der Waals surface area contributed by atoms with Crippen LogP contribution in [0.5, 0.6) is 0 Å². The molecule has 4 amide bonds. The Kier molecular flexibility index (Phi) is 6.67. The quantitative estimate of drug-likeness (QED) is 0.654. The van der Waals surface area contributed by atoms with E-state index in [-0.39, 0.29) is 17.4 Å². The molecule has 27 heavy (non-hydrogen) atoms. The normalized spacial score (nSPS) is 11.5. The standard InChI is InChI=1S/C18H19N3O5S/c1-10(2)14(16(23)21-18(19)25)26-17(24)11-5-7-12(8-6-11)20-15(22)13-4-3-9-27-13/h3-10,14H,1-2H3,(H,20,22)(H3,19,21,23,25)/t14-/m1/s1. The van der Waals surface area contributed by atoms with Crippen LogP contribution < -0.4 is 16.4 Å².